The molecule has 0 saturated carbocycles. The highest BCUT2D eigenvalue weighted by Gasteiger charge is 2.30. The van der Waals surface area contributed by atoms with Crippen molar-refractivity contribution in [3.05, 3.63) is 17.9 Å². The molecule has 0 bridgehead atoms. The normalized spacial score (nSPS) is 22.6. The first-order chi connectivity index (χ1) is 9.15. The van der Waals surface area contributed by atoms with Gasteiger partial charge in [-0.1, -0.05) is 0 Å². The molecule has 0 amide bonds. The van der Waals surface area contributed by atoms with E-state index in [0.29, 0.717) is 18.5 Å². The summed E-state index contributed by atoms with van der Waals surface area (Å²) < 4.78 is 6.79. The third kappa shape index (κ3) is 2.64. The van der Waals surface area contributed by atoms with Crippen molar-refractivity contribution in [1.29, 1.82) is 0 Å². The smallest absolute Gasteiger partial charge is 0.258 e. The van der Waals surface area contributed by atoms with Crippen molar-refractivity contribution in [3.63, 3.8) is 0 Å². The number of hydrogen-bond acceptors (Lipinski definition) is 7. The topological polar surface area (TPSA) is 90.6 Å². The van der Waals surface area contributed by atoms with Crippen LogP contribution in [0, 0.1) is 0 Å². The Morgan fingerprint density at radius 2 is 2.32 bits per heavy atom. The van der Waals surface area contributed by atoms with Crippen molar-refractivity contribution in [2.75, 3.05) is 18.5 Å². The minimum absolute atomic E-state index is 0.102. The van der Waals surface area contributed by atoms with E-state index in [0.717, 1.165) is 13.0 Å². The van der Waals surface area contributed by atoms with Gasteiger partial charge in [-0.15, -0.1) is 0 Å². The SMILES string of the molecule is CC1(Nc2nc(Cl)nc(-n3cncn3)n2)CCOC1. The standard InChI is InChI=1S/C10H12ClN7O/c1-10(2-3-19-4-10)17-8-14-7(11)15-9(16-8)18-6-12-5-13-18/h5-6H,2-4H2,1H3,(H,14,15,16,17). The first kappa shape index (κ1) is 12.2. The highest BCUT2D eigenvalue weighted by Crippen LogP contribution is 2.22. The molecule has 8 nitrogen and oxygen atoms in total. The lowest BCUT2D eigenvalue weighted by atomic mass is 10.0. The summed E-state index contributed by atoms with van der Waals surface area (Å²) in [5, 5.41) is 7.29. The summed E-state index contributed by atoms with van der Waals surface area (Å²) in [6.07, 6.45) is 3.78. The summed E-state index contributed by atoms with van der Waals surface area (Å²) in [6.45, 7) is 3.38. The van der Waals surface area contributed by atoms with Crippen LogP contribution in [0.4, 0.5) is 5.95 Å². The van der Waals surface area contributed by atoms with Crippen LogP contribution in [0.15, 0.2) is 12.7 Å². The van der Waals surface area contributed by atoms with Gasteiger partial charge in [0.25, 0.3) is 5.95 Å². The van der Waals surface area contributed by atoms with Gasteiger partial charge in [0.15, 0.2) is 0 Å². The minimum Gasteiger partial charge on any atom is -0.379 e. The largest absolute Gasteiger partial charge is 0.379 e. The number of ether oxygens (including phenoxy) is 1. The Hall–Kier alpha value is -1.80. The van der Waals surface area contributed by atoms with Crippen molar-refractivity contribution in [3.8, 4) is 5.95 Å². The molecule has 9 heteroatoms. The lowest BCUT2D eigenvalue weighted by Crippen LogP contribution is -2.36. The van der Waals surface area contributed by atoms with Gasteiger partial charge < -0.3 is 10.1 Å². The molecule has 3 heterocycles. The molecular formula is C10H12ClN7O. The Morgan fingerprint density at radius 1 is 1.42 bits per heavy atom. The van der Waals surface area contributed by atoms with E-state index in [-0.39, 0.29) is 10.8 Å². The average molecular weight is 282 g/mol. The van der Waals surface area contributed by atoms with Crippen molar-refractivity contribution in [1.82, 2.24) is 29.7 Å². The Bertz CT molecular complexity index is 567. The van der Waals surface area contributed by atoms with Gasteiger partial charge in [-0.05, 0) is 24.9 Å². The molecule has 2 aromatic heterocycles. The number of nitrogens with one attached hydrogen (secondary N) is 1. The van der Waals surface area contributed by atoms with Gasteiger partial charge in [-0.2, -0.15) is 24.7 Å². The van der Waals surface area contributed by atoms with E-state index in [2.05, 4.69) is 30.4 Å². The maximum absolute atomic E-state index is 5.90. The van der Waals surface area contributed by atoms with Gasteiger partial charge in [0, 0.05) is 6.61 Å². The Balaban J connectivity index is 1.90. The molecule has 1 unspecified atom stereocenters. The zero-order chi connectivity index (χ0) is 13.3. The fourth-order valence-corrected chi connectivity index (χ4v) is 2.00. The zero-order valence-electron chi connectivity index (χ0n) is 10.2. The van der Waals surface area contributed by atoms with Crippen LogP contribution in [0.2, 0.25) is 5.28 Å². The number of anilines is 1. The van der Waals surface area contributed by atoms with Gasteiger partial charge in [-0.3, -0.25) is 0 Å². The number of nitrogens with zero attached hydrogens (tertiary/aromatic N) is 6. The molecule has 1 atom stereocenters. The zero-order valence-corrected chi connectivity index (χ0v) is 11.0. The molecule has 1 saturated heterocycles. The third-order valence-electron chi connectivity index (χ3n) is 2.85. The fourth-order valence-electron chi connectivity index (χ4n) is 1.85. The second-order valence-electron chi connectivity index (χ2n) is 4.56. The summed E-state index contributed by atoms with van der Waals surface area (Å²) in [4.78, 5) is 16.2. The number of rotatable bonds is 3. The van der Waals surface area contributed by atoms with E-state index >= 15 is 0 Å². The van der Waals surface area contributed by atoms with E-state index < -0.39 is 0 Å². The van der Waals surface area contributed by atoms with Crippen molar-refractivity contribution in [2.45, 2.75) is 18.9 Å². The molecule has 3 rings (SSSR count). The molecule has 1 fully saturated rings. The lowest BCUT2D eigenvalue weighted by Gasteiger charge is -2.23. The van der Waals surface area contributed by atoms with E-state index in [9.17, 15) is 0 Å². The van der Waals surface area contributed by atoms with Crippen LogP contribution in [0.1, 0.15) is 13.3 Å². The number of aromatic nitrogens is 6. The fraction of sp³-hybridized carbons (Fsp3) is 0.500. The summed E-state index contributed by atoms with van der Waals surface area (Å²) in [5.41, 5.74) is -0.190. The molecule has 0 aromatic carbocycles. The maximum Gasteiger partial charge on any atom is 0.258 e. The van der Waals surface area contributed by atoms with Crippen LogP contribution in [0.5, 0.6) is 0 Å². The number of halogens is 1. The second-order valence-corrected chi connectivity index (χ2v) is 4.89. The summed E-state index contributed by atoms with van der Waals surface area (Å²) >= 11 is 5.90. The predicted molar refractivity (Wildman–Crippen MR) is 67.2 cm³/mol. The van der Waals surface area contributed by atoms with Gasteiger partial charge in [0.2, 0.25) is 11.2 Å². The summed E-state index contributed by atoms with van der Waals surface area (Å²) in [7, 11) is 0. The molecule has 1 N–H and O–H groups in total. The second kappa shape index (κ2) is 4.71. The van der Waals surface area contributed by atoms with Crippen LogP contribution in [0.3, 0.4) is 0 Å². The maximum atomic E-state index is 5.90. The molecule has 100 valence electrons. The highest BCUT2D eigenvalue weighted by molar-refractivity contribution is 6.28. The van der Waals surface area contributed by atoms with Crippen LogP contribution < -0.4 is 5.32 Å². The molecule has 0 radical (unpaired) electrons. The van der Waals surface area contributed by atoms with Gasteiger partial charge in [-0.25, -0.2) is 4.98 Å². The van der Waals surface area contributed by atoms with Gasteiger partial charge >= 0.3 is 0 Å². The van der Waals surface area contributed by atoms with Crippen molar-refractivity contribution in [2.24, 2.45) is 0 Å². The monoisotopic (exact) mass is 281 g/mol. The number of hydrogen-bond donors (Lipinski definition) is 1. The predicted octanol–water partition coefficient (Wildman–Crippen LogP) is 0.697. The molecule has 19 heavy (non-hydrogen) atoms. The van der Waals surface area contributed by atoms with E-state index in [1.165, 1.54) is 17.3 Å². The van der Waals surface area contributed by atoms with E-state index in [1.54, 1.807) is 0 Å². The van der Waals surface area contributed by atoms with Gasteiger partial charge in [0.1, 0.15) is 12.7 Å². The minimum atomic E-state index is -0.190. The first-order valence-corrected chi connectivity index (χ1v) is 6.15. The Morgan fingerprint density at radius 3 is 3.00 bits per heavy atom. The van der Waals surface area contributed by atoms with Crippen LogP contribution in [-0.2, 0) is 4.74 Å². The first-order valence-electron chi connectivity index (χ1n) is 5.77. The van der Waals surface area contributed by atoms with Crippen LogP contribution >= 0.6 is 11.6 Å². The highest BCUT2D eigenvalue weighted by atomic mass is 35.5. The molecule has 2 aromatic rings. The lowest BCUT2D eigenvalue weighted by molar-refractivity contribution is 0.185. The van der Waals surface area contributed by atoms with Crippen molar-refractivity contribution >= 4 is 17.5 Å². The van der Waals surface area contributed by atoms with E-state index in [4.69, 9.17) is 16.3 Å². The molecule has 1 aliphatic heterocycles. The van der Waals surface area contributed by atoms with Gasteiger partial charge in [0.05, 0.1) is 12.1 Å². The molecular weight excluding hydrogens is 270 g/mol. The van der Waals surface area contributed by atoms with E-state index in [1.807, 2.05) is 6.92 Å². The quantitative estimate of drug-likeness (QED) is 0.885. The summed E-state index contributed by atoms with van der Waals surface area (Å²) in [6, 6.07) is 0. The Kier molecular flexibility index (Phi) is 3.03. The van der Waals surface area contributed by atoms with Crippen LogP contribution in [0.25, 0.3) is 5.95 Å². The summed E-state index contributed by atoms with van der Waals surface area (Å²) in [5.74, 6) is 0.723. The average Bonchev–Trinajstić information content (AvgIpc) is 2.99. The van der Waals surface area contributed by atoms with Crippen LogP contribution in [-0.4, -0.2) is 48.5 Å². The molecule has 0 spiro atoms. The third-order valence-corrected chi connectivity index (χ3v) is 3.02. The molecule has 1 aliphatic rings. The molecule has 0 aliphatic carbocycles. The Labute approximate surface area is 114 Å². The van der Waals surface area contributed by atoms with Crippen molar-refractivity contribution < 1.29 is 4.74 Å².